The molecule has 2 N–H and O–H groups in total. The number of carboxylic acid groups (broad SMARTS) is 1. The van der Waals surface area contributed by atoms with Crippen molar-refractivity contribution in [2.24, 2.45) is 5.92 Å². The Bertz CT molecular complexity index is 347. The number of carbonyl (C=O) groups is 2. The van der Waals surface area contributed by atoms with Gasteiger partial charge in [0.05, 0.1) is 0 Å². The molecule has 20 heavy (non-hydrogen) atoms. The van der Waals surface area contributed by atoms with Gasteiger partial charge in [-0.05, 0) is 25.8 Å². The lowest BCUT2D eigenvalue weighted by Gasteiger charge is -2.39. The van der Waals surface area contributed by atoms with Crippen LogP contribution >= 0.6 is 0 Å². The number of aliphatic carboxylic acids is 1. The number of nitrogens with zero attached hydrogens (tertiary/aromatic N) is 2. The van der Waals surface area contributed by atoms with E-state index in [-0.39, 0.29) is 11.9 Å². The highest BCUT2D eigenvalue weighted by Gasteiger charge is 2.29. The summed E-state index contributed by atoms with van der Waals surface area (Å²) < 4.78 is 0. The number of nitrogens with one attached hydrogen (secondary N) is 1. The monoisotopic (exact) mass is 285 g/mol. The molecular weight excluding hydrogens is 258 g/mol. The van der Waals surface area contributed by atoms with Crippen LogP contribution in [-0.4, -0.2) is 65.7 Å². The first kappa shape index (κ1) is 16.8. The van der Waals surface area contributed by atoms with Crippen molar-refractivity contribution >= 4 is 12.0 Å². The molecule has 0 radical (unpaired) electrons. The standard InChI is InChI=1S/C14H27N3O3/c1-5-11-9-17(7-6-16(11)4)14(20)15-12(13(18)19)8-10(2)3/h10-12H,5-9H2,1-4H3,(H,15,20)(H,18,19). The summed E-state index contributed by atoms with van der Waals surface area (Å²) in [6, 6.07) is -0.713. The molecule has 2 amide bonds. The van der Waals surface area contributed by atoms with Crippen LogP contribution in [0.15, 0.2) is 0 Å². The predicted molar refractivity (Wildman–Crippen MR) is 77.7 cm³/mol. The van der Waals surface area contributed by atoms with Gasteiger partial charge in [-0.1, -0.05) is 20.8 Å². The van der Waals surface area contributed by atoms with E-state index >= 15 is 0 Å². The van der Waals surface area contributed by atoms with Gasteiger partial charge in [-0.3, -0.25) is 4.90 Å². The molecule has 6 nitrogen and oxygen atoms in total. The van der Waals surface area contributed by atoms with Crippen LogP contribution in [-0.2, 0) is 4.79 Å². The summed E-state index contributed by atoms with van der Waals surface area (Å²) in [6.07, 6.45) is 1.43. The molecule has 0 spiro atoms. The number of carboxylic acids is 1. The summed E-state index contributed by atoms with van der Waals surface area (Å²) in [6.45, 7) is 8.13. The first-order valence-corrected chi connectivity index (χ1v) is 7.33. The normalized spacial score (nSPS) is 21.9. The molecule has 2 atom stereocenters. The van der Waals surface area contributed by atoms with Crippen LogP contribution in [0.25, 0.3) is 0 Å². The first-order chi connectivity index (χ1) is 9.35. The third-order valence-corrected chi connectivity index (χ3v) is 3.84. The molecule has 0 aliphatic carbocycles. The Morgan fingerprint density at radius 3 is 2.50 bits per heavy atom. The van der Waals surface area contributed by atoms with Crippen LogP contribution < -0.4 is 5.32 Å². The van der Waals surface area contributed by atoms with E-state index in [0.717, 1.165) is 13.0 Å². The molecule has 1 heterocycles. The van der Waals surface area contributed by atoms with Gasteiger partial charge < -0.3 is 15.3 Å². The SMILES string of the molecule is CCC1CN(C(=O)NC(CC(C)C)C(=O)O)CCN1C. The number of piperazine rings is 1. The van der Waals surface area contributed by atoms with Crippen LogP contribution in [0.5, 0.6) is 0 Å². The molecule has 0 saturated carbocycles. The smallest absolute Gasteiger partial charge is 0.326 e. The highest BCUT2D eigenvalue weighted by molar-refractivity contribution is 5.82. The fourth-order valence-electron chi connectivity index (χ4n) is 2.50. The third kappa shape index (κ3) is 4.67. The molecule has 0 aromatic heterocycles. The predicted octanol–water partition coefficient (Wildman–Crippen LogP) is 1.22. The van der Waals surface area contributed by atoms with Gasteiger partial charge in [0, 0.05) is 25.7 Å². The van der Waals surface area contributed by atoms with Crippen molar-refractivity contribution in [3.8, 4) is 0 Å². The van der Waals surface area contributed by atoms with E-state index in [1.165, 1.54) is 0 Å². The van der Waals surface area contributed by atoms with Crippen molar-refractivity contribution in [2.75, 3.05) is 26.7 Å². The number of hydrogen-bond acceptors (Lipinski definition) is 3. The van der Waals surface area contributed by atoms with Gasteiger partial charge in [0.2, 0.25) is 0 Å². The van der Waals surface area contributed by atoms with Gasteiger partial charge in [0.1, 0.15) is 6.04 Å². The van der Waals surface area contributed by atoms with E-state index in [1.54, 1.807) is 4.90 Å². The van der Waals surface area contributed by atoms with Crippen LogP contribution in [0.1, 0.15) is 33.6 Å². The summed E-state index contributed by atoms with van der Waals surface area (Å²) in [5.74, 6) is -0.736. The number of likely N-dealkylation sites (N-methyl/N-ethyl adjacent to an activating group) is 1. The number of hydrogen-bond donors (Lipinski definition) is 2. The van der Waals surface area contributed by atoms with Crippen LogP contribution in [0.4, 0.5) is 4.79 Å². The minimum Gasteiger partial charge on any atom is -0.480 e. The zero-order chi connectivity index (χ0) is 15.3. The van der Waals surface area contributed by atoms with Gasteiger partial charge >= 0.3 is 12.0 Å². The van der Waals surface area contributed by atoms with E-state index in [2.05, 4.69) is 24.2 Å². The molecular formula is C14H27N3O3. The Morgan fingerprint density at radius 2 is 2.00 bits per heavy atom. The van der Waals surface area contributed by atoms with Gasteiger partial charge in [-0.15, -0.1) is 0 Å². The number of carbonyl (C=O) groups excluding carboxylic acids is 1. The summed E-state index contributed by atoms with van der Waals surface area (Å²) in [7, 11) is 2.06. The Kier molecular flexibility index (Phi) is 6.26. The Labute approximate surface area is 121 Å². The van der Waals surface area contributed by atoms with Gasteiger partial charge in [-0.25, -0.2) is 9.59 Å². The summed E-state index contributed by atoms with van der Waals surface area (Å²) in [4.78, 5) is 27.3. The molecule has 0 aromatic rings. The molecule has 1 aliphatic heterocycles. The van der Waals surface area contributed by atoms with Crippen molar-refractivity contribution in [3.63, 3.8) is 0 Å². The van der Waals surface area contributed by atoms with Crippen molar-refractivity contribution < 1.29 is 14.7 Å². The molecule has 1 rings (SSSR count). The Morgan fingerprint density at radius 1 is 1.35 bits per heavy atom. The maximum atomic E-state index is 12.2. The average molecular weight is 285 g/mol. The van der Waals surface area contributed by atoms with E-state index in [1.807, 2.05) is 13.8 Å². The van der Waals surface area contributed by atoms with Crippen molar-refractivity contribution in [1.82, 2.24) is 15.1 Å². The number of urea groups is 1. The molecule has 0 bridgehead atoms. The van der Waals surface area contributed by atoms with Crippen molar-refractivity contribution in [3.05, 3.63) is 0 Å². The van der Waals surface area contributed by atoms with Gasteiger partial charge in [0.15, 0.2) is 0 Å². The fraction of sp³-hybridized carbons (Fsp3) is 0.857. The molecule has 6 heteroatoms. The highest BCUT2D eigenvalue weighted by Crippen LogP contribution is 2.12. The molecule has 1 aliphatic rings. The average Bonchev–Trinajstić information content (AvgIpc) is 2.37. The lowest BCUT2D eigenvalue weighted by molar-refractivity contribution is -0.139. The second-order valence-electron chi connectivity index (χ2n) is 5.96. The quantitative estimate of drug-likeness (QED) is 0.796. The Hall–Kier alpha value is -1.30. The lowest BCUT2D eigenvalue weighted by atomic mass is 10.0. The zero-order valence-electron chi connectivity index (χ0n) is 12.9. The number of rotatable bonds is 5. The fourth-order valence-corrected chi connectivity index (χ4v) is 2.50. The molecule has 0 aromatic carbocycles. The second-order valence-corrected chi connectivity index (χ2v) is 5.96. The minimum absolute atomic E-state index is 0.229. The summed E-state index contributed by atoms with van der Waals surface area (Å²) in [5, 5.41) is 11.8. The van der Waals surface area contributed by atoms with Crippen LogP contribution in [0.2, 0.25) is 0 Å². The van der Waals surface area contributed by atoms with Crippen molar-refractivity contribution in [2.45, 2.75) is 45.7 Å². The van der Waals surface area contributed by atoms with Crippen molar-refractivity contribution in [1.29, 1.82) is 0 Å². The zero-order valence-corrected chi connectivity index (χ0v) is 12.9. The number of amides is 2. The Balaban J connectivity index is 2.58. The van der Waals surface area contributed by atoms with Crippen LogP contribution in [0.3, 0.4) is 0 Å². The van der Waals surface area contributed by atoms with E-state index in [0.29, 0.717) is 25.6 Å². The molecule has 116 valence electrons. The van der Waals surface area contributed by atoms with E-state index in [4.69, 9.17) is 5.11 Å². The maximum Gasteiger partial charge on any atom is 0.326 e. The summed E-state index contributed by atoms with van der Waals surface area (Å²) >= 11 is 0. The molecule has 2 unspecified atom stereocenters. The van der Waals surface area contributed by atoms with E-state index < -0.39 is 12.0 Å². The van der Waals surface area contributed by atoms with E-state index in [9.17, 15) is 9.59 Å². The first-order valence-electron chi connectivity index (χ1n) is 7.33. The maximum absolute atomic E-state index is 12.2. The third-order valence-electron chi connectivity index (χ3n) is 3.84. The van der Waals surface area contributed by atoms with Gasteiger partial charge in [0.25, 0.3) is 0 Å². The largest absolute Gasteiger partial charge is 0.480 e. The second kappa shape index (κ2) is 7.47. The lowest BCUT2D eigenvalue weighted by Crippen LogP contribution is -2.57. The minimum atomic E-state index is -0.965. The van der Waals surface area contributed by atoms with Gasteiger partial charge in [-0.2, -0.15) is 0 Å². The molecule has 1 fully saturated rings. The molecule has 1 saturated heterocycles. The van der Waals surface area contributed by atoms with Crippen LogP contribution in [0, 0.1) is 5.92 Å². The topological polar surface area (TPSA) is 72.9 Å². The summed E-state index contributed by atoms with van der Waals surface area (Å²) in [5.41, 5.74) is 0. The highest BCUT2D eigenvalue weighted by atomic mass is 16.4.